The Labute approximate surface area is 165 Å². The first-order valence-electron chi connectivity index (χ1n) is 9.18. The highest BCUT2D eigenvalue weighted by Crippen LogP contribution is 2.22. The van der Waals surface area contributed by atoms with Crippen LogP contribution in [0.2, 0.25) is 0 Å². The van der Waals surface area contributed by atoms with Crippen LogP contribution in [0.3, 0.4) is 0 Å². The molecular formula is C21H26BNO5. The van der Waals surface area contributed by atoms with E-state index in [2.05, 4.69) is 5.32 Å². The van der Waals surface area contributed by atoms with E-state index < -0.39 is 30.4 Å². The van der Waals surface area contributed by atoms with Gasteiger partial charge < -0.3 is 20.1 Å². The molecule has 1 atom stereocenters. The van der Waals surface area contributed by atoms with Crippen molar-refractivity contribution in [1.82, 2.24) is 5.32 Å². The summed E-state index contributed by atoms with van der Waals surface area (Å²) >= 11 is 0. The lowest BCUT2D eigenvalue weighted by molar-refractivity contribution is -0.150. The second-order valence-corrected chi connectivity index (χ2v) is 7.39. The van der Waals surface area contributed by atoms with E-state index in [0.717, 1.165) is 11.1 Å². The van der Waals surface area contributed by atoms with Gasteiger partial charge in [0.1, 0.15) is 6.61 Å². The first-order valence-corrected chi connectivity index (χ1v) is 9.18. The summed E-state index contributed by atoms with van der Waals surface area (Å²) < 4.78 is 5.24. The highest BCUT2D eigenvalue weighted by molar-refractivity contribution is 6.43. The van der Waals surface area contributed by atoms with Crippen LogP contribution in [0.1, 0.15) is 31.4 Å². The van der Waals surface area contributed by atoms with Crippen molar-refractivity contribution in [3.8, 4) is 0 Å². The van der Waals surface area contributed by atoms with Gasteiger partial charge in [-0.05, 0) is 17.5 Å². The molecule has 2 aromatic rings. The third-order valence-corrected chi connectivity index (χ3v) is 4.42. The van der Waals surface area contributed by atoms with Gasteiger partial charge in [0.15, 0.2) is 0 Å². The van der Waals surface area contributed by atoms with Gasteiger partial charge in [0.2, 0.25) is 5.91 Å². The van der Waals surface area contributed by atoms with Gasteiger partial charge in [-0.15, -0.1) is 0 Å². The lowest BCUT2D eigenvalue weighted by atomic mass is 9.75. The van der Waals surface area contributed by atoms with Crippen LogP contribution in [-0.4, -0.2) is 35.0 Å². The van der Waals surface area contributed by atoms with Crippen molar-refractivity contribution in [1.29, 1.82) is 0 Å². The van der Waals surface area contributed by atoms with Crippen LogP contribution >= 0.6 is 0 Å². The number of amides is 1. The van der Waals surface area contributed by atoms with Crippen LogP contribution in [0, 0.1) is 5.41 Å². The molecule has 0 heterocycles. The standard InChI is InChI=1S/C21H26BNO5/c1-21(2,14-19(24)28-15-17-11-7-4-8-12-17)20(25)23-18(22(26)27)13-16-9-5-3-6-10-16/h3-12,18,26-27H,13-15H2,1-2H3,(H,23,25)/t18-/m0/s1. The highest BCUT2D eigenvalue weighted by atomic mass is 16.5. The Balaban J connectivity index is 1.91. The Kier molecular flexibility index (Phi) is 7.78. The van der Waals surface area contributed by atoms with Crippen LogP contribution in [0.15, 0.2) is 60.7 Å². The van der Waals surface area contributed by atoms with Gasteiger partial charge >= 0.3 is 13.1 Å². The van der Waals surface area contributed by atoms with Crippen molar-refractivity contribution < 1.29 is 24.4 Å². The topological polar surface area (TPSA) is 95.9 Å². The van der Waals surface area contributed by atoms with E-state index in [1.165, 1.54) is 0 Å². The van der Waals surface area contributed by atoms with E-state index in [4.69, 9.17) is 4.74 Å². The van der Waals surface area contributed by atoms with Gasteiger partial charge in [-0.25, -0.2) is 0 Å². The summed E-state index contributed by atoms with van der Waals surface area (Å²) in [5.74, 6) is -1.82. The van der Waals surface area contributed by atoms with Crippen LogP contribution in [0.4, 0.5) is 0 Å². The van der Waals surface area contributed by atoms with Gasteiger partial charge in [0.05, 0.1) is 17.8 Å². The zero-order chi connectivity index (χ0) is 20.6. The molecule has 0 aliphatic heterocycles. The molecule has 3 N–H and O–H groups in total. The summed E-state index contributed by atoms with van der Waals surface area (Å²) in [6, 6.07) is 18.5. The minimum atomic E-state index is -1.72. The molecule has 1 amide bonds. The van der Waals surface area contributed by atoms with Gasteiger partial charge in [-0.1, -0.05) is 74.5 Å². The van der Waals surface area contributed by atoms with E-state index in [9.17, 15) is 19.6 Å². The number of ether oxygens (including phenoxy) is 1. The molecule has 28 heavy (non-hydrogen) atoms. The third-order valence-electron chi connectivity index (χ3n) is 4.42. The van der Waals surface area contributed by atoms with Crippen molar-refractivity contribution in [2.24, 2.45) is 5.41 Å². The second kappa shape index (κ2) is 10.1. The smallest absolute Gasteiger partial charge is 0.461 e. The molecule has 0 saturated carbocycles. The van der Waals surface area contributed by atoms with Crippen LogP contribution in [0.5, 0.6) is 0 Å². The average molecular weight is 383 g/mol. The molecule has 0 radical (unpaired) electrons. The number of carbonyl (C=O) groups is 2. The first kappa shape index (κ1) is 21.7. The molecule has 0 unspecified atom stereocenters. The number of nitrogens with one attached hydrogen (secondary N) is 1. The fraction of sp³-hybridized carbons (Fsp3) is 0.333. The van der Waals surface area contributed by atoms with Crippen molar-refractivity contribution in [3.05, 3.63) is 71.8 Å². The summed E-state index contributed by atoms with van der Waals surface area (Å²) in [4.78, 5) is 24.8. The molecule has 2 rings (SSSR count). The molecule has 2 aromatic carbocycles. The molecule has 7 heteroatoms. The SMILES string of the molecule is CC(C)(CC(=O)OCc1ccccc1)C(=O)N[C@@H](Cc1ccccc1)B(O)O. The molecule has 0 aliphatic rings. The Morgan fingerprint density at radius 3 is 2.07 bits per heavy atom. The van der Waals surface area contributed by atoms with Crippen molar-refractivity contribution in [2.45, 2.75) is 39.2 Å². The number of hydrogen-bond donors (Lipinski definition) is 3. The van der Waals surface area contributed by atoms with Crippen LogP contribution in [-0.2, 0) is 27.4 Å². The number of benzene rings is 2. The molecule has 0 spiro atoms. The largest absolute Gasteiger partial charge is 0.475 e. The molecule has 0 bridgehead atoms. The predicted octanol–water partition coefficient (Wildman–Crippen LogP) is 1.89. The van der Waals surface area contributed by atoms with Crippen molar-refractivity contribution in [3.63, 3.8) is 0 Å². The van der Waals surface area contributed by atoms with Crippen molar-refractivity contribution in [2.75, 3.05) is 0 Å². The fourth-order valence-corrected chi connectivity index (χ4v) is 2.69. The average Bonchev–Trinajstić information content (AvgIpc) is 2.67. The molecule has 6 nitrogen and oxygen atoms in total. The maximum atomic E-state index is 12.6. The summed E-state index contributed by atoms with van der Waals surface area (Å²) in [6.45, 7) is 3.38. The maximum Gasteiger partial charge on any atom is 0.475 e. The second-order valence-electron chi connectivity index (χ2n) is 7.39. The Hall–Kier alpha value is -2.64. The number of hydrogen-bond acceptors (Lipinski definition) is 5. The maximum absolute atomic E-state index is 12.6. The van der Waals surface area contributed by atoms with Crippen LogP contribution < -0.4 is 5.32 Å². The van der Waals surface area contributed by atoms with E-state index in [0.29, 0.717) is 0 Å². The zero-order valence-electron chi connectivity index (χ0n) is 16.2. The van der Waals surface area contributed by atoms with Gasteiger partial charge in [-0.2, -0.15) is 0 Å². The summed E-state index contributed by atoms with van der Waals surface area (Å²) in [7, 11) is -1.72. The molecule has 0 fully saturated rings. The summed E-state index contributed by atoms with van der Waals surface area (Å²) in [5, 5.41) is 21.9. The van der Waals surface area contributed by atoms with E-state index in [1.807, 2.05) is 60.7 Å². The van der Waals surface area contributed by atoms with Gasteiger partial charge in [-0.3, -0.25) is 9.59 Å². The number of rotatable bonds is 9. The predicted molar refractivity (Wildman–Crippen MR) is 107 cm³/mol. The Morgan fingerprint density at radius 2 is 1.54 bits per heavy atom. The molecule has 0 aromatic heterocycles. The summed E-state index contributed by atoms with van der Waals surface area (Å²) in [6.07, 6.45) is 0.143. The Morgan fingerprint density at radius 1 is 1.00 bits per heavy atom. The number of carbonyl (C=O) groups excluding carboxylic acids is 2. The lowest BCUT2D eigenvalue weighted by Crippen LogP contribution is -2.52. The molecular weight excluding hydrogens is 357 g/mol. The Bertz CT molecular complexity index is 765. The lowest BCUT2D eigenvalue weighted by Gasteiger charge is -2.26. The summed E-state index contributed by atoms with van der Waals surface area (Å²) in [5.41, 5.74) is 0.669. The highest BCUT2D eigenvalue weighted by Gasteiger charge is 2.35. The van der Waals surface area contributed by atoms with E-state index in [1.54, 1.807) is 13.8 Å². The molecule has 0 saturated heterocycles. The minimum absolute atomic E-state index is 0.120. The van der Waals surface area contributed by atoms with Crippen LogP contribution in [0.25, 0.3) is 0 Å². The third kappa shape index (κ3) is 6.83. The normalized spacial score (nSPS) is 12.1. The minimum Gasteiger partial charge on any atom is -0.461 e. The number of esters is 1. The monoisotopic (exact) mass is 383 g/mol. The molecule has 148 valence electrons. The van der Waals surface area contributed by atoms with Gasteiger partial charge in [0, 0.05) is 0 Å². The van der Waals surface area contributed by atoms with E-state index >= 15 is 0 Å². The molecule has 0 aliphatic carbocycles. The fourth-order valence-electron chi connectivity index (χ4n) is 2.69. The van der Waals surface area contributed by atoms with Crippen molar-refractivity contribution >= 4 is 19.0 Å². The van der Waals surface area contributed by atoms with Gasteiger partial charge in [0.25, 0.3) is 0 Å². The quantitative estimate of drug-likeness (QED) is 0.454. The van der Waals surface area contributed by atoms with E-state index in [-0.39, 0.29) is 19.4 Å². The zero-order valence-corrected chi connectivity index (χ0v) is 16.2. The first-order chi connectivity index (χ1) is 13.3.